The summed E-state index contributed by atoms with van der Waals surface area (Å²) >= 11 is 0. The van der Waals surface area contributed by atoms with Crippen molar-refractivity contribution in [2.45, 2.75) is 26.8 Å². The zero-order valence-electron chi connectivity index (χ0n) is 14.0. The van der Waals surface area contributed by atoms with Gasteiger partial charge in [-0.3, -0.25) is 4.90 Å². The second kappa shape index (κ2) is 6.42. The molecule has 1 atom stereocenters. The summed E-state index contributed by atoms with van der Waals surface area (Å²) in [5.74, 6) is 0.679. The summed E-state index contributed by atoms with van der Waals surface area (Å²) in [5, 5.41) is 0. The monoisotopic (exact) mass is 317 g/mol. The van der Waals surface area contributed by atoms with Gasteiger partial charge in [-0.2, -0.15) is 0 Å². The largest absolute Gasteiger partial charge is 0.378 e. The fourth-order valence-corrected chi connectivity index (χ4v) is 2.97. The number of nitrogens with one attached hydrogen (secondary N) is 1. The average Bonchev–Trinajstić information content (AvgIpc) is 2.96. The molecule has 3 rings (SSSR count). The molecular formula is C18H24FN3O. The molecule has 1 aliphatic heterocycles. The molecule has 4 nitrogen and oxygen atoms in total. The minimum Gasteiger partial charge on any atom is -0.378 e. The molecule has 1 aromatic carbocycles. The molecule has 0 amide bonds. The van der Waals surface area contributed by atoms with E-state index >= 15 is 0 Å². The zero-order valence-corrected chi connectivity index (χ0v) is 14.0. The zero-order chi connectivity index (χ0) is 16.4. The van der Waals surface area contributed by atoms with Crippen molar-refractivity contribution in [3.05, 3.63) is 42.1 Å². The third kappa shape index (κ3) is 3.98. The predicted molar refractivity (Wildman–Crippen MR) is 88.6 cm³/mol. The van der Waals surface area contributed by atoms with Gasteiger partial charge in [-0.05, 0) is 35.2 Å². The molecule has 5 heteroatoms. The normalized spacial score (nSPS) is 19.9. The highest BCUT2D eigenvalue weighted by atomic mass is 19.1. The van der Waals surface area contributed by atoms with Crippen molar-refractivity contribution in [2.75, 3.05) is 26.3 Å². The molecule has 0 aliphatic carbocycles. The smallest absolute Gasteiger partial charge is 0.126 e. The van der Waals surface area contributed by atoms with Gasteiger partial charge in [0.05, 0.1) is 31.1 Å². The first kappa shape index (κ1) is 16.1. The Morgan fingerprint density at radius 3 is 2.74 bits per heavy atom. The summed E-state index contributed by atoms with van der Waals surface area (Å²) in [6.45, 7) is 10.0. The second-order valence-corrected chi connectivity index (χ2v) is 7.31. The lowest BCUT2D eigenvalue weighted by molar-refractivity contribution is -0.0246. The average molecular weight is 317 g/mol. The van der Waals surface area contributed by atoms with E-state index in [0.717, 1.165) is 36.8 Å². The minimum atomic E-state index is -0.231. The maximum atomic E-state index is 13.1. The van der Waals surface area contributed by atoms with E-state index in [1.54, 1.807) is 12.1 Å². The number of hydrogen-bond acceptors (Lipinski definition) is 3. The topological polar surface area (TPSA) is 41.1 Å². The maximum Gasteiger partial charge on any atom is 0.126 e. The van der Waals surface area contributed by atoms with Gasteiger partial charge in [-0.25, -0.2) is 9.37 Å². The van der Waals surface area contributed by atoms with Crippen molar-refractivity contribution in [1.82, 2.24) is 14.9 Å². The van der Waals surface area contributed by atoms with Crippen LogP contribution in [0.3, 0.4) is 0 Å². The SMILES string of the molecule is CC(C)(C)CN1CCOCC1c1ncc(-c2ccc(F)cc2)[nH]1. The van der Waals surface area contributed by atoms with Crippen molar-refractivity contribution in [3.8, 4) is 11.3 Å². The van der Waals surface area contributed by atoms with Crippen LogP contribution in [0.25, 0.3) is 11.3 Å². The highest BCUT2D eigenvalue weighted by Crippen LogP contribution is 2.28. The summed E-state index contributed by atoms with van der Waals surface area (Å²) < 4.78 is 18.7. The number of benzene rings is 1. The van der Waals surface area contributed by atoms with Crippen molar-refractivity contribution in [1.29, 1.82) is 0 Å². The van der Waals surface area contributed by atoms with E-state index in [1.807, 2.05) is 6.20 Å². The Balaban J connectivity index is 1.81. The van der Waals surface area contributed by atoms with Gasteiger partial charge in [0.15, 0.2) is 0 Å². The highest BCUT2D eigenvalue weighted by Gasteiger charge is 2.29. The van der Waals surface area contributed by atoms with Crippen LogP contribution in [0.2, 0.25) is 0 Å². The number of halogens is 1. The molecule has 124 valence electrons. The molecule has 1 fully saturated rings. The Morgan fingerprint density at radius 2 is 2.04 bits per heavy atom. The highest BCUT2D eigenvalue weighted by molar-refractivity contribution is 5.58. The molecule has 1 aromatic heterocycles. The number of nitrogens with zero attached hydrogens (tertiary/aromatic N) is 2. The summed E-state index contributed by atoms with van der Waals surface area (Å²) in [7, 11) is 0. The van der Waals surface area contributed by atoms with Gasteiger partial charge in [0.1, 0.15) is 11.6 Å². The second-order valence-electron chi connectivity index (χ2n) is 7.31. The van der Waals surface area contributed by atoms with E-state index in [2.05, 4.69) is 35.6 Å². The molecule has 23 heavy (non-hydrogen) atoms. The molecule has 2 heterocycles. The van der Waals surface area contributed by atoms with Crippen LogP contribution >= 0.6 is 0 Å². The first-order valence-electron chi connectivity index (χ1n) is 8.05. The molecule has 0 radical (unpaired) electrons. The molecule has 0 bridgehead atoms. The van der Waals surface area contributed by atoms with Gasteiger partial charge in [0.2, 0.25) is 0 Å². The molecule has 1 unspecified atom stereocenters. The minimum absolute atomic E-state index is 0.136. The Kier molecular flexibility index (Phi) is 4.50. The molecule has 1 N–H and O–H groups in total. The molecule has 1 aliphatic rings. The maximum absolute atomic E-state index is 13.1. The van der Waals surface area contributed by atoms with Crippen LogP contribution in [0, 0.1) is 11.2 Å². The molecular weight excluding hydrogens is 293 g/mol. The van der Waals surface area contributed by atoms with E-state index in [9.17, 15) is 4.39 Å². The summed E-state index contributed by atoms with van der Waals surface area (Å²) in [6, 6.07) is 6.59. The molecule has 2 aromatic rings. The number of morpholine rings is 1. The lowest BCUT2D eigenvalue weighted by Gasteiger charge is -2.38. The van der Waals surface area contributed by atoms with Crippen LogP contribution in [-0.2, 0) is 4.74 Å². The third-order valence-corrected chi connectivity index (χ3v) is 3.98. The summed E-state index contributed by atoms with van der Waals surface area (Å²) in [5.41, 5.74) is 2.06. The van der Waals surface area contributed by atoms with E-state index in [-0.39, 0.29) is 17.3 Å². The van der Waals surface area contributed by atoms with Gasteiger partial charge in [0, 0.05) is 13.1 Å². The van der Waals surface area contributed by atoms with Crippen molar-refractivity contribution < 1.29 is 9.13 Å². The number of aromatic amines is 1. The van der Waals surface area contributed by atoms with Gasteiger partial charge >= 0.3 is 0 Å². The number of hydrogen-bond donors (Lipinski definition) is 1. The van der Waals surface area contributed by atoms with E-state index in [4.69, 9.17) is 4.74 Å². The van der Waals surface area contributed by atoms with Crippen molar-refractivity contribution in [3.63, 3.8) is 0 Å². The summed E-state index contributed by atoms with van der Waals surface area (Å²) in [4.78, 5) is 10.4. The number of rotatable bonds is 3. The first-order chi connectivity index (χ1) is 10.9. The van der Waals surface area contributed by atoms with Crippen LogP contribution in [0.4, 0.5) is 4.39 Å². The number of aromatic nitrogens is 2. The van der Waals surface area contributed by atoms with Crippen LogP contribution < -0.4 is 0 Å². The Morgan fingerprint density at radius 1 is 1.30 bits per heavy atom. The Bertz CT molecular complexity index is 645. The van der Waals surface area contributed by atoms with Gasteiger partial charge in [-0.15, -0.1) is 0 Å². The molecule has 0 saturated carbocycles. The fourth-order valence-electron chi connectivity index (χ4n) is 2.97. The number of imidazole rings is 1. The predicted octanol–water partition coefficient (Wildman–Crippen LogP) is 3.64. The lowest BCUT2D eigenvalue weighted by Crippen LogP contribution is -2.44. The van der Waals surface area contributed by atoms with Gasteiger partial charge in [0.25, 0.3) is 0 Å². The molecule has 1 saturated heterocycles. The van der Waals surface area contributed by atoms with Gasteiger partial charge < -0.3 is 9.72 Å². The van der Waals surface area contributed by atoms with Crippen molar-refractivity contribution in [2.24, 2.45) is 5.41 Å². The Labute approximate surface area is 136 Å². The van der Waals surface area contributed by atoms with E-state index in [1.165, 1.54) is 12.1 Å². The number of ether oxygens (including phenoxy) is 1. The van der Waals surface area contributed by atoms with Gasteiger partial charge in [-0.1, -0.05) is 20.8 Å². The van der Waals surface area contributed by atoms with Crippen LogP contribution in [-0.4, -0.2) is 41.2 Å². The number of H-pyrrole nitrogens is 1. The van der Waals surface area contributed by atoms with E-state index in [0.29, 0.717) is 6.61 Å². The first-order valence-corrected chi connectivity index (χ1v) is 8.05. The van der Waals surface area contributed by atoms with Crippen LogP contribution in [0.15, 0.2) is 30.5 Å². The summed E-state index contributed by atoms with van der Waals surface area (Å²) in [6.07, 6.45) is 1.81. The standard InChI is InChI=1S/C18H24FN3O/c1-18(2,3)12-22-8-9-23-11-16(22)17-20-10-15(21-17)13-4-6-14(19)7-5-13/h4-7,10,16H,8-9,11-12H2,1-3H3,(H,20,21). The van der Waals surface area contributed by atoms with Crippen LogP contribution in [0.5, 0.6) is 0 Å². The molecule has 0 spiro atoms. The van der Waals surface area contributed by atoms with E-state index < -0.39 is 0 Å². The van der Waals surface area contributed by atoms with Crippen LogP contribution in [0.1, 0.15) is 32.6 Å². The fraction of sp³-hybridized carbons (Fsp3) is 0.500. The van der Waals surface area contributed by atoms with Crippen molar-refractivity contribution >= 4 is 0 Å². The quantitative estimate of drug-likeness (QED) is 0.940. The lowest BCUT2D eigenvalue weighted by atomic mass is 9.95. The third-order valence-electron chi connectivity index (χ3n) is 3.98. The Hall–Kier alpha value is -1.72.